The fourth-order valence-corrected chi connectivity index (χ4v) is 3.14. The second kappa shape index (κ2) is 7.39. The van der Waals surface area contributed by atoms with Crippen LogP contribution in [0.4, 0.5) is 0 Å². The van der Waals surface area contributed by atoms with Crippen LogP contribution in [0.15, 0.2) is 36.4 Å². The first-order chi connectivity index (χ1) is 9.42. The van der Waals surface area contributed by atoms with Crippen molar-refractivity contribution in [3.05, 3.63) is 42.0 Å². The van der Waals surface area contributed by atoms with Crippen molar-refractivity contribution in [2.24, 2.45) is 0 Å². The maximum atomic E-state index is 12.6. The molecule has 1 atom stereocenters. The highest BCUT2D eigenvalue weighted by molar-refractivity contribution is 7.65. The van der Waals surface area contributed by atoms with E-state index in [2.05, 4.69) is 0 Å². The molecule has 1 aromatic carbocycles. The Labute approximate surface area is 119 Å². The van der Waals surface area contributed by atoms with Gasteiger partial charge in [0.25, 0.3) is 0 Å². The van der Waals surface area contributed by atoms with Crippen molar-refractivity contribution in [2.75, 3.05) is 14.2 Å². The molecule has 0 aliphatic heterocycles. The molecule has 0 fully saturated rings. The number of rotatable bonds is 6. The molecule has 1 unspecified atom stereocenters. The summed E-state index contributed by atoms with van der Waals surface area (Å²) in [6.45, 7) is 3.00. The molecule has 0 aromatic heterocycles. The smallest absolute Gasteiger partial charge is 0.361 e. The van der Waals surface area contributed by atoms with E-state index in [0.29, 0.717) is 10.9 Å². The first-order valence-corrected chi connectivity index (χ1v) is 7.63. The van der Waals surface area contributed by atoms with Crippen LogP contribution in [0.3, 0.4) is 0 Å². The summed E-state index contributed by atoms with van der Waals surface area (Å²) in [7, 11) is -0.807. The maximum absolute atomic E-state index is 12.6. The summed E-state index contributed by atoms with van der Waals surface area (Å²) in [5, 5.41) is 0.372. The van der Waals surface area contributed by atoms with Gasteiger partial charge in [-0.1, -0.05) is 30.3 Å². The lowest BCUT2D eigenvalue weighted by molar-refractivity contribution is -0.143. The highest BCUT2D eigenvalue weighted by Gasteiger charge is 2.29. The summed E-state index contributed by atoms with van der Waals surface area (Å²) in [4.78, 5) is 11.0. The fourth-order valence-electron chi connectivity index (χ4n) is 1.74. The van der Waals surface area contributed by atoms with Crippen LogP contribution in [-0.4, -0.2) is 26.3 Å². The fraction of sp³-hybridized carbons (Fsp3) is 0.357. The molecule has 0 amide bonds. The monoisotopic (exact) mass is 298 g/mol. The third kappa shape index (κ3) is 4.30. The third-order valence-corrected chi connectivity index (χ3v) is 4.55. The summed E-state index contributed by atoms with van der Waals surface area (Å²) in [6.07, 6.45) is 1.03. The average Bonchev–Trinajstić information content (AvgIpc) is 2.44. The molecule has 20 heavy (non-hydrogen) atoms. The van der Waals surface area contributed by atoms with Crippen molar-refractivity contribution in [3.8, 4) is 0 Å². The van der Waals surface area contributed by atoms with Crippen molar-refractivity contribution in [1.29, 1.82) is 0 Å². The number of carbonyl (C=O) groups is 1. The van der Waals surface area contributed by atoms with Crippen molar-refractivity contribution in [3.63, 3.8) is 0 Å². The minimum absolute atomic E-state index is 0.372. The zero-order valence-electron chi connectivity index (χ0n) is 12.0. The molecule has 0 N–H and O–H groups in total. The minimum Gasteiger partial charge on any atom is -0.459 e. The zero-order valence-corrected chi connectivity index (χ0v) is 12.9. The lowest BCUT2D eigenvalue weighted by Gasteiger charge is -2.19. The standard InChI is InChI=1S/C14H19O5P/c1-11(19-12(2)15)10-14(20(16,17-3)18-4)13-8-6-5-7-9-13/h5-11H,1-4H3/b14-10+. The summed E-state index contributed by atoms with van der Waals surface area (Å²) >= 11 is 0. The molecule has 0 spiro atoms. The van der Waals surface area contributed by atoms with Crippen molar-refractivity contribution >= 4 is 18.9 Å². The van der Waals surface area contributed by atoms with E-state index in [1.165, 1.54) is 21.1 Å². The Balaban J connectivity index is 3.25. The van der Waals surface area contributed by atoms with E-state index in [4.69, 9.17) is 13.8 Å². The van der Waals surface area contributed by atoms with Gasteiger partial charge in [0.15, 0.2) is 0 Å². The maximum Gasteiger partial charge on any atom is 0.361 e. The van der Waals surface area contributed by atoms with E-state index >= 15 is 0 Å². The molecule has 1 rings (SSSR count). The van der Waals surface area contributed by atoms with Gasteiger partial charge >= 0.3 is 13.6 Å². The van der Waals surface area contributed by atoms with Crippen molar-refractivity contribution < 1.29 is 23.1 Å². The van der Waals surface area contributed by atoms with Gasteiger partial charge in [-0.05, 0) is 18.6 Å². The van der Waals surface area contributed by atoms with E-state index in [-0.39, 0.29) is 0 Å². The molecule has 0 saturated heterocycles. The summed E-state index contributed by atoms with van der Waals surface area (Å²) in [5.74, 6) is -0.411. The molecule has 1 aromatic rings. The number of ether oxygens (including phenoxy) is 1. The van der Waals surface area contributed by atoms with Gasteiger partial charge in [-0.15, -0.1) is 0 Å². The van der Waals surface area contributed by atoms with Gasteiger partial charge < -0.3 is 13.8 Å². The first kappa shape index (κ1) is 16.6. The van der Waals surface area contributed by atoms with Crippen LogP contribution in [0, 0.1) is 0 Å². The lowest BCUT2D eigenvalue weighted by atomic mass is 10.2. The Morgan fingerprint density at radius 3 is 2.20 bits per heavy atom. The van der Waals surface area contributed by atoms with Crippen molar-refractivity contribution in [2.45, 2.75) is 20.0 Å². The predicted octanol–water partition coefficient (Wildman–Crippen LogP) is 3.47. The number of hydrogen-bond acceptors (Lipinski definition) is 5. The summed E-state index contributed by atoms with van der Waals surface area (Å²) < 4.78 is 27.7. The quantitative estimate of drug-likeness (QED) is 0.594. The molecule has 0 aliphatic carbocycles. The summed E-state index contributed by atoms with van der Waals surface area (Å²) in [5.41, 5.74) is 0.693. The van der Waals surface area contributed by atoms with Crippen LogP contribution in [-0.2, 0) is 23.1 Å². The van der Waals surface area contributed by atoms with Gasteiger partial charge in [0.1, 0.15) is 6.10 Å². The number of benzene rings is 1. The van der Waals surface area contributed by atoms with E-state index < -0.39 is 19.7 Å². The molecule has 6 heteroatoms. The molecule has 0 radical (unpaired) electrons. The highest BCUT2D eigenvalue weighted by Crippen LogP contribution is 2.59. The van der Waals surface area contributed by atoms with Gasteiger partial charge in [0, 0.05) is 21.1 Å². The molecule has 0 bridgehead atoms. The molecule has 110 valence electrons. The molecule has 5 nitrogen and oxygen atoms in total. The van der Waals surface area contributed by atoms with Gasteiger partial charge in [0.2, 0.25) is 0 Å². The molecular formula is C14H19O5P. The zero-order chi connectivity index (χ0) is 15.2. The lowest BCUT2D eigenvalue weighted by Crippen LogP contribution is -2.10. The van der Waals surface area contributed by atoms with Crippen LogP contribution in [0.2, 0.25) is 0 Å². The largest absolute Gasteiger partial charge is 0.459 e. The van der Waals surface area contributed by atoms with Crippen LogP contribution in [0.5, 0.6) is 0 Å². The van der Waals surface area contributed by atoms with Crippen LogP contribution >= 0.6 is 7.60 Å². The Kier molecular flexibility index (Phi) is 6.14. The minimum atomic E-state index is -3.44. The Morgan fingerprint density at radius 2 is 1.75 bits per heavy atom. The molecule has 0 aliphatic rings. The average molecular weight is 298 g/mol. The van der Waals surface area contributed by atoms with Gasteiger partial charge in [0.05, 0.1) is 5.31 Å². The first-order valence-electron chi connectivity index (χ1n) is 6.09. The van der Waals surface area contributed by atoms with Gasteiger partial charge in [-0.25, -0.2) is 0 Å². The Bertz CT molecular complexity index is 516. The Morgan fingerprint density at radius 1 is 1.20 bits per heavy atom. The summed E-state index contributed by atoms with van der Waals surface area (Å²) in [6, 6.07) is 9.06. The molecule has 0 heterocycles. The third-order valence-electron chi connectivity index (χ3n) is 2.59. The molecule has 0 saturated carbocycles. The topological polar surface area (TPSA) is 61.8 Å². The highest BCUT2D eigenvalue weighted by atomic mass is 31.2. The second-order valence-electron chi connectivity index (χ2n) is 4.10. The SMILES string of the molecule is COP(=O)(OC)/C(=C/C(C)OC(C)=O)c1ccccc1. The normalized spacial score (nSPS) is 13.9. The van der Waals surface area contributed by atoms with Crippen LogP contribution in [0.1, 0.15) is 19.4 Å². The second-order valence-corrected chi connectivity index (χ2v) is 6.30. The van der Waals surface area contributed by atoms with Crippen LogP contribution in [0.25, 0.3) is 5.31 Å². The number of esters is 1. The number of hydrogen-bond donors (Lipinski definition) is 0. The number of carbonyl (C=O) groups excluding carboxylic acids is 1. The molecular weight excluding hydrogens is 279 g/mol. The van der Waals surface area contributed by atoms with E-state index in [9.17, 15) is 9.36 Å². The van der Waals surface area contributed by atoms with E-state index in [1.54, 1.807) is 25.1 Å². The van der Waals surface area contributed by atoms with Crippen molar-refractivity contribution in [1.82, 2.24) is 0 Å². The van der Waals surface area contributed by atoms with E-state index in [0.717, 1.165) is 0 Å². The van der Waals surface area contributed by atoms with E-state index in [1.807, 2.05) is 18.2 Å². The van der Waals surface area contributed by atoms with Gasteiger partial charge in [-0.3, -0.25) is 9.36 Å². The Hall–Kier alpha value is -1.42. The van der Waals surface area contributed by atoms with Gasteiger partial charge in [-0.2, -0.15) is 0 Å². The predicted molar refractivity (Wildman–Crippen MR) is 77.3 cm³/mol. The van der Waals surface area contributed by atoms with Crippen LogP contribution < -0.4 is 0 Å².